The van der Waals surface area contributed by atoms with Gasteiger partial charge in [-0.1, -0.05) is 30.3 Å². The van der Waals surface area contributed by atoms with E-state index in [9.17, 15) is 8.42 Å². The van der Waals surface area contributed by atoms with Crippen molar-refractivity contribution in [2.45, 2.75) is 10.9 Å². The number of benzene rings is 2. The highest BCUT2D eigenvalue weighted by Gasteiger charge is 2.20. The largest absolute Gasteiger partial charge is 0.242 e. The van der Waals surface area contributed by atoms with Gasteiger partial charge in [-0.25, -0.2) is 8.42 Å². The first-order valence-electron chi connectivity index (χ1n) is 6.04. The fraction of sp³-hybridized carbons (Fsp3) is 0.0667. The van der Waals surface area contributed by atoms with Crippen molar-refractivity contribution in [1.29, 1.82) is 10.5 Å². The number of rotatable bonds is 4. The van der Waals surface area contributed by atoms with E-state index in [-0.39, 0.29) is 4.90 Å². The molecule has 0 saturated heterocycles. The summed E-state index contributed by atoms with van der Waals surface area (Å²) in [5.41, 5.74) is 0.936. The van der Waals surface area contributed by atoms with Crippen molar-refractivity contribution in [1.82, 2.24) is 4.72 Å². The fourth-order valence-corrected chi connectivity index (χ4v) is 2.88. The maximum Gasteiger partial charge on any atom is 0.242 e. The van der Waals surface area contributed by atoms with Crippen LogP contribution < -0.4 is 4.72 Å². The number of nitrogens with zero attached hydrogens (tertiary/aromatic N) is 2. The van der Waals surface area contributed by atoms with Crippen LogP contribution in [0.1, 0.15) is 17.2 Å². The van der Waals surface area contributed by atoms with Crippen LogP contribution >= 0.6 is 0 Å². The number of nitrogens with one attached hydrogen (secondary N) is 1. The maximum atomic E-state index is 12.2. The number of hydrogen-bond acceptors (Lipinski definition) is 4. The van der Waals surface area contributed by atoms with Gasteiger partial charge in [-0.15, -0.1) is 0 Å². The molecule has 0 bridgehead atoms. The lowest BCUT2D eigenvalue weighted by atomic mass is 10.1. The second-order valence-corrected chi connectivity index (χ2v) is 5.94. The Balaban J connectivity index is 2.28. The Morgan fingerprint density at radius 3 is 2.10 bits per heavy atom. The first-order chi connectivity index (χ1) is 10.1. The minimum Gasteiger partial charge on any atom is -0.207 e. The Labute approximate surface area is 123 Å². The van der Waals surface area contributed by atoms with E-state index in [1.807, 2.05) is 12.1 Å². The molecule has 0 aliphatic rings. The SMILES string of the molecule is N#Cc1ccc(S(=O)(=O)NC(C#N)c2ccccc2)cc1. The lowest BCUT2D eigenvalue weighted by Gasteiger charge is -2.12. The summed E-state index contributed by atoms with van der Waals surface area (Å²) >= 11 is 0. The van der Waals surface area contributed by atoms with E-state index in [0.29, 0.717) is 11.1 Å². The molecule has 104 valence electrons. The minimum atomic E-state index is -3.83. The molecule has 0 fully saturated rings. The van der Waals surface area contributed by atoms with Crippen molar-refractivity contribution >= 4 is 10.0 Å². The van der Waals surface area contributed by atoms with E-state index in [1.165, 1.54) is 24.3 Å². The first-order valence-corrected chi connectivity index (χ1v) is 7.52. The van der Waals surface area contributed by atoms with Gasteiger partial charge in [-0.3, -0.25) is 0 Å². The van der Waals surface area contributed by atoms with Crippen molar-refractivity contribution in [2.24, 2.45) is 0 Å². The third-order valence-electron chi connectivity index (χ3n) is 2.83. The van der Waals surface area contributed by atoms with Crippen molar-refractivity contribution in [2.75, 3.05) is 0 Å². The molecule has 2 aromatic carbocycles. The Morgan fingerprint density at radius 1 is 0.952 bits per heavy atom. The van der Waals surface area contributed by atoms with Crippen molar-refractivity contribution in [3.05, 3.63) is 65.7 Å². The quantitative estimate of drug-likeness (QED) is 0.935. The Kier molecular flexibility index (Phi) is 4.34. The molecule has 0 saturated carbocycles. The van der Waals surface area contributed by atoms with Crippen LogP contribution in [0.5, 0.6) is 0 Å². The zero-order chi connectivity index (χ0) is 15.3. The molecule has 0 radical (unpaired) electrons. The summed E-state index contributed by atoms with van der Waals surface area (Å²) in [6.07, 6.45) is 0. The topological polar surface area (TPSA) is 93.8 Å². The molecule has 2 aromatic rings. The average Bonchev–Trinajstić information content (AvgIpc) is 2.53. The third kappa shape index (κ3) is 3.46. The van der Waals surface area contributed by atoms with E-state index in [2.05, 4.69) is 4.72 Å². The maximum absolute atomic E-state index is 12.2. The smallest absolute Gasteiger partial charge is 0.207 e. The van der Waals surface area contributed by atoms with Crippen LogP contribution in [-0.2, 0) is 10.0 Å². The summed E-state index contributed by atoms with van der Waals surface area (Å²) in [5.74, 6) is 0. The van der Waals surface area contributed by atoms with Crippen LogP contribution in [0.25, 0.3) is 0 Å². The Bertz CT molecular complexity index is 801. The molecule has 0 amide bonds. The molecule has 1 atom stereocenters. The molecule has 2 rings (SSSR count). The number of nitriles is 2. The normalized spacial score (nSPS) is 12.1. The van der Waals surface area contributed by atoms with Gasteiger partial charge in [0.05, 0.1) is 22.6 Å². The van der Waals surface area contributed by atoms with Crippen molar-refractivity contribution < 1.29 is 8.42 Å². The zero-order valence-corrected chi connectivity index (χ0v) is 11.7. The summed E-state index contributed by atoms with van der Waals surface area (Å²) in [6.45, 7) is 0. The standard InChI is InChI=1S/C15H11N3O2S/c16-10-12-6-8-14(9-7-12)21(19,20)18-15(11-17)13-4-2-1-3-5-13/h1-9,15,18H. The highest BCUT2D eigenvalue weighted by atomic mass is 32.2. The monoisotopic (exact) mass is 297 g/mol. The van der Waals surface area contributed by atoms with Gasteiger partial charge in [0.25, 0.3) is 0 Å². The summed E-state index contributed by atoms with van der Waals surface area (Å²) in [4.78, 5) is 0.0117. The van der Waals surface area contributed by atoms with E-state index in [4.69, 9.17) is 10.5 Å². The van der Waals surface area contributed by atoms with E-state index >= 15 is 0 Å². The third-order valence-corrected chi connectivity index (χ3v) is 4.27. The lowest BCUT2D eigenvalue weighted by Crippen LogP contribution is -2.27. The van der Waals surface area contributed by atoms with Crippen LogP contribution in [0.15, 0.2) is 59.5 Å². The van der Waals surface area contributed by atoms with E-state index < -0.39 is 16.1 Å². The molecule has 0 aliphatic carbocycles. The van der Waals surface area contributed by atoms with Gasteiger partial charge in [0, 0.05) is 0 Å². The lowest BCUT2D eigenvalue weighted by molar-refractivity contribution is 0.575. The minimum absolute atomic E-state index is 0.0117. The van der Waals surface area contributed by atoms with Gasteiger partial charge in [0.2, 0.25) is 10.0 Å². The van der Waals surface area contributed by atoms with Gasteiger partial charge < -0.3 is 0 Å². The van der Waals surface area contributed by atoms with Gasteiger partial charge >= 0.3 is 0 Å². The van der Waals surface area contributed by atoms with Crippen molar-refractivity contribution in [3.63, 3.8) is 0 Å². The molecule has 1 unspecified atom stereocenters. The molecule has 0 aliphatic heterocycles. The predicted octanol–water partition coefficient (Wildman–Crippen LogP) is 2.10. The Hall–Kier alpha value is -2.67. The first kappa shape index (κ1) is 14.7. The molecule has 0 aromatic heterocycles. The molecule has 1 N–H and O–H groups in total. The molecule has 5 nitrogen and oxygen atoms in total. The highest BCUT2D eigenvalue weighted by Crippen LogP contribution is 2.17. The van der Waals surface area contributed by atoms with Crippen LogP contribution in [0, 0.1) is 22.7 Å². The van der Waals surface area contributed by atoms with Gasteiger partial charge in [-0.2, -0.15) is 15.2 Å². The van der Waals surface area contributed by atoms with Crippen LogP contribution in [0.3, 0.4) is 0 Å². The zero-order valence-electron chi connectivity index (χ0n) is 10.9. The average molecular weight is 297 g/mol. The molecular formula is C15H11N3O2S. The molecule has 6 heteroatoms. The summed E-state index contributed by atoms with van der Waals surface area (Å²) in [6, 6.07) is 17.0. The summed E-state index contributed by atoms with van der Waals surface area (Å²) in [7, 11) is -3.83. The molecule has 0 spiro atoms. The van der Waals surface area contributed by atoms with Crippen molar-refractivity contribution in [3.8, 4) is 12.1 Å². The van der Waals surface area contributed by atoms with E-state index in [0.717, 1.165) is 0 Å². The number of hydrogen-bond donors (Lipinski definition) is 1. The fourth-order valence-electron chi connectivity index (χ4n) is 1.75. The molecule has 0 heterocycles. The number of sulfonamides is 1. The van der Waals surface area contributed by atoms with Gasteiger partial charge in [-0.05, 0) is 29.8 Å². The predicted molar refractivity (Wildman–Crippen MR) is 76.3 cm³/mol. The summed E-state index contributed by atoms with van der Waals surface area (Å²) in [5, 5.41) is 17.9. The second-order valence-electron chi connectivity index (χ2n) is 4.23. The summed E-state index contributed by atoms with van der Waals surface area (Å²) < 4.78 is 26.8. The van der Waals surface area contributed by atoms with Gasteiger partial charge in [0.1, 0.15) is 6.04 Å². The van der Waals surface area contributed by atoms with Crippen LogP contribution in [-0.4, -0.2) is 8.42 Å². The van der Waals surface area contributed by atoms with Crippen LogP contribution in [0.2, 0.25) is 0 Å². The highest BCUT2D eigenvalue weighted by molar-refractivity contribution is 7.89. The van der Waals surface area contributed by atoms with Crippen LogP contribution in [0.4, 0.5) is 0 Å². The second kappa shape index (κ2) is 6.19. The van der Waals surface area contributed by atoms with E-state index in [1.54, 1.807) is 30.3 Å². The molecule has 21 heavy (non-hydrogen) atoms. The van der Waals surface area contributed by atoms with Gasteiger partial charge in [0.15, 0.2) is 0 Å². The Morgan fingerprint density at radius 2 is 1.57 bits per heavy atom. The molecular weight excluding hydrogens is 286 g/mol.